The van der Waals surface area contributed by atoms with Crippen molar-refractivity contribution in [3.63, 3.8) is 0 Å². The lowest BCUT2D eigenvalue weighted by molar-refractivity contribution is -0.116. The predicted molar refractivity (Wildman–Crippen MR) is 110 cm³/mol. The third-order valence-corrected chi connectivity index (χ3v) is 6.80. The number of nitrogens with zero attached hydrogens (tertiary/aromatic N) is 2. The molecule has 1 aliphatic rings. The van der Waals surface area contributed by atoms with E-state index < -0.39 is 10.2 Å². The van der Waals surface area contributed by atoms with Gasteiger partial charge in [0.1, 0.15) is 0 Å². The van der Waals surface area contributed by atoms with Gasteiger partial charge in [0.05, 0.1) is 6.54 Å². The summed E-state index contributed by atoms with van der Waals surface area (Å²) in [5.41, 5.74) is 1.42. The van der Waals surface area contributed by atoms with E-state index in [0.29, 0.717) is 30.2 Å². The van der Waals surface area contributed by atoms with Crippen molar-refractivity contribution >= 4 is 49.3 Å². The minimum Gasteiger partial charge on any atom is -0.325 e. The van der Waals surface area contributed by atoms with E-state index in [9.17, 15) is 13.2 Å². The van der Waals surface area contributed by atoms with E-state index in [0.717, 1.165) is 10.0 Å². The van der Waals surface area contributed by atoms with E-state index >= 15 is 0 Å². The van der Waals surface area contributed by atoms with Crippen LogP contribution in [0.4, 0.5) is 5.69 Å². The molecule has 1 fully saturated rings. The van der Waals surface area contributed by atoms with Gasteiger partial charge in [0.2, 0.25) is 5.91 Å². The summed E-state index contributed by atoms with van der Waals surface area (Å²) in [5, 5.41) is 3.29. The molecular weight excluding hydrogens is 454 g/mol. The smallest absolute Gasteiger partial charge is 0.282 e. The average molecular weight is 473 g/mol. The van der Waals surface area contributed by atoms with Crippen LogP contribution in [-0.4, -0.2) is 42.6 Å². The van der Waals surface area contributed by atoms with Crippen molar-refractivity contribution < 1.29 is 13.2 Å². The Bertz CT molecular complexity index is 939. The molecule has 2 aromatic rings. The van der Waals surface area contributed by atoms with Crippen molar-refractivity contribution in [1.82, 2.24) is 8.61 Å². The minimum atomic E-state index is -3.72. The fourth-order valence-corrected chi connectivity index (χ4v) is 5.16. The molecule has 0 spiro atoms. The maximum Gasteiger partial charge on any atom is 0.282 e. The van der Waals surface area contributed by atoms with Crippen molar-refractivity contribution in [2.24, 2.45) is 0 Å². The molecule has 0 saturated carbocycles. The van der Waals surface area contributed by atoms with Gasteiger partial charge in [-0.05, 0) is 42.3 Å². The van der Waals surface area contributed by atoms with Gasteiger partial charge in [0, 0.05) is 34.8 Å². The largest absolute Gasteiger partial charge is 0.325 e. The Hall–Kier alpha value is -1.45. The SMILES string of the molecule is O=C(CN1CCCN(Cc2cccc(Cl)c2)S1(=O)=O)Nc1cccc(Br)c1. The summed E-state index contributed by atoms with van der Waals surface area (Å²) >= 11 is 9.32. The highest BCUT2D eigenvalue weighted by molar-refractivity contribution is 9.10. The van der Waals surface area contributed by atoms with E-state index in [1.807, 2.05) is 12.1 Å². The molecule has 9 heteroatoms. The average Bonchev–Trinajstić information content (AvgIpc) is 2.59. The number of carbonyl (C=O) groups is 1. The number of hydrogen-bond acceptors (Lipinski definition) is 3. The molecule has 0 bridgehead atoms. The van der Waals surface area contributed by atoms with Crippen molar-refractivity contribution in [3.8, 4) is 0 Å². The highest BCUT2D eigenvalue weighted by Crippen LogP contribution is 2.21. The molecule has 1 amide bonds. The monoisotopic (exact) mass is 471 g/mol. The van der Waals surface area contributed by atoms with Crippen LogP contribution in [0.1, 0.15) is 12.0 Å². The van der Waals surface area contributed by atoms with E-state index in [1.165, 1.54) is 8.61 Å². The molecule has 0 unspecified atom stereocenters. The van der Waals surface area contributed by atoms with Crippen LogP contribution < -0.4 is 5.32 Å². The Kier molecular flexibility index (Phi) is 6.54. The first-order valence-electron chi connectivity index (χ1n) is 8.40. The number of carbonyl (C=O) groups excluding carboxylic acids is 1. The van der Waals surface area contributed by atoms with Crippen LogP contribution in [0, 0.1) is 0 Å². The summed E-state index contributed by atoms with van der Waals surface area (Å²) in [7, 11) is -3.72. The number of anilines is 1. The summed E-state index contributed by atoms with van der Waals surface area (Å²) in [6.45, 7) is 0.742. The minimum absolute atomic E-state index is 0.221. The Morgan fingerprint density at radius 1 is 1.11 bits per heavy atom. The first-order valence-corrected chi connectivity index (χ1v) is 11.0. The van der Waals surface area contributed by atoms with Crippen LogP contribution in [-0.2, 0) is 21.5 Å². The van der Waals surface area contributed by atoms with Gasteiger partial charge in [-0.1, -0.05) is 45.7 Å². The van der Waals surface area contributed by atoms with Gasteiger partial charge in [-0.25, -0.2) is 0 Å². The van der Waals surface area contributed by atoms with Crippen LogP contribution in [0.2, 0.25) is 5.02 Å². The molecule has 2 aromatic carbocycles. The zero-order chi connectivity index (χ0) is 19.4. The molecule has 1 N–H and O–H groups in total. The van der Waals surface area contributed by atoms with Gasteiger partial charge in [0.25, 0.3) is 10.2 Å². The van der Waals surface area contributed by atoms with Crippen molar-refractivity contribution in [2.75, 3.05) is 25.0 Å². The van der Waals surface area contributed by atoms with Gasteiger partial charge in [-0.2, -0.15) is 17.0 Å². The highest BCUT2D eigenvalue weighted by Gasteiger charge is 2.34. The van der Waals surface area contributed by atoms with Gasteiger partial charge < -0.3 is 5.32 Å². The third-order valence-electron chi connectivity index (χ3n) is 4.14. The second-order valence-electron chi connectivity index (χ2n) is 6.22. The van der Waals surface area contributed by atoms with Crippen LogP contribution >= 0.6 is 27.5 Å². The van der Waals surface area contributed by atoms with E-state index in [2.05, 4.69) is 21.2 Å². The molecule has 144 valence electrons. The molecule has 0 atom stereocenters. The Morgan fingerprint density at radius 2 is 1.85 bits per heavy atom. The molecule has 6 nitrogen and oxygen atoms in total. The van der Waals surface area contributed by atoms with Crippen molar-refractivity contribution in [1.29, 1.82) is 0 Å². The molecule has 1 aliphatic heterocycles. The summed E-state index contributed by atoms with van der Waals surface area (Å²) in [6.07, 6.45) is 0.657. The topological polar surface area (TPSA) is 69.7 Å². The fraction of sp³-hybridized carbons (Fsp3) is 0.278. The molecule has 0 radical (unpaired) electrons. The van der Waals surface area contributed by atoms with Crippen molar-refractivity contribution in [3.05, 3.63) is 63.6 Å². The van der Waals surface area contributed by atoms with Crippen LogP contribution in [0.25, 0.3) is 0 Å². The molecule has 0 aromatic heterocycles. The molecule has 0 aliphatic carbocycles. The number of hydrogen-bond donors (Lipinski definition) is 1. The molecule has 3 rings (SSSR count). The molecular formula is C18H19BrClN3O3S. The second kappa shape index (κ2) is 8.70. The summed E-state index contributed by atoms with van der Waals surface area (Å²) in [5.74, 6) is -0.374. The van der Waals surface area contributed by atoms with Gasteiger partial charge in [-0.15, -0.1) is 0 Å². The first kappa shape index (κ1) is 20.3. The van der Waals surface area contributed by atoms with Gasteiger partial charge in [0.15, 0.2) is 0 Å². The summed E-state index contributed by atoms with van der Waals surface area (Å²) in [6, 6.07) is 14.3. The number of amides is 1. The van der Waals surface area contributed by atoms with E-state index in [-0.39, 0.29) is 19.0 Å². The Labute approximate surface area is 172 Å². The summed E-state index contributed by atoms with van der Waals surface area (Å²) < 4.78 is 29.2. The second-order valence-corrected chi connectivity index (χ2v) is 9.50. The standard InChI is InChI=1S/C18H19BrClN3O3S/c19-15-5-2-7-17(11-15)21-18(24)13-23-9-3-8-22(27(23,25)26)12-14-4-1-6-16(20)10-14/h1-2,4-7,10-11H,3,8-9,12-13H2,(H,21,24). The molecule has 1 saturated heterocycles. The van der Waals surface area contributed by atoms with Gasteiger partial charge in [-0.3, -0.25) is 4.79 Å². The molecule has 1 heterocycles. The maximum atomic E-state index is 12.9. The number of rotatable bonds is 5. The zero-order valence-corrected chi connectivity index (χ0v) is 17.6. The lowest BCUT2D eigenvalue weighted by atomic mass is 10.2. The quantitative estimate of drug-likeness (QED) is 0.724. The number of benzene rings is 2. The van der Waals surface area contributed by atoms with Gasteiger partial charge >= 0.3 is 0 Å². The molecule has 27 heavy (non-hydrogen) atoms. The van der Waals surface area contributed by atoms with Crippen molar-refractivity contribution in [2.45, 2.75) is 13.0 Å². The van der Waals surface area contributed by atoms with Crippen LogP contribution in [0.3, 0.4) is 0 Å². The Balaban J connectivity index is 1.67. The summed E-state index contributed by atoms with van der Waals surface area (Å²) in [4.78, 5) is 12.3. The maximum absolute atomic E-state index is 12.9. The lowest BCUT2D eigenvalue weighted by Crippen LogP contribution is -2.51. The van der Waals surface area contributed by atoms with Crippen LogP contribution in [0.5, 0.6) is 0 Å². The van der Waals surface area contributed by atoms with E-state index in [4.69, 9.17) is 11.6 Å². The normalized spacial score (nSPS) is 17.6. The Morgan fingerprint density at radius 3 is 2.59 bits per heavy atom. The van der Waals surface area contributed by atoms with E-state index in [1.54, 1.807) is 36.4 Å². The first-order chi connectivity index (χ1) is 12.8. The zero-order valence-electron chi connectivity index (χ0n) is 14.4. The number of halogens is 2. The number of nitrogens with one attached hydrogen (secondary N) is 1. The predicted octanol–water partition coefficient (Wildman–Crippen LogP) is 3.49. The lowest BCUT2D eigenvalue weighted by Gasteiger charge is -2.34. The highest BCUT2D eigenvalue weighted by atomic mass is 79.9. The fourth-order valence-electron chi connectivity index (χ4n) is 2.90. The van der Waals surface area contributed by atoms with Crippen LogP contribution in [0.15, 0.2) is 53.0 Å². The third kappa shape index (κ3) is 5.30.